The molecule has 1 atom stereocenters. The Labute approximate surface area is 116 Å². The molecule has 19 heavy (non-hydrogen) atoms. The average Bonchev–Trinajstić information content (AvgIpc) is 2.90. The average molecular weight is 273 g/mol. The maximum atomic E-state index is 4.25. The quantitative estimate of drug-likeness (QED) is 0.816. The molecule has 0 aliphatic rings. The van der Waals surface area contributed by atoms with Gasteiger partial charge < -0.3 is 5.32 Å². The van der Waals surface area contributed by atoms with Gasteiger partial charge in [0.2, 0.25) is 0 Å². The summed E-state index contributed by atoms with van der Waals surface area (Å²) in [5, 5.41) is 9.42. The first-order chi connectivity index (χ1) is 9.08. The third kappa shape index (κ3) is 4.04. The zero-order valence-corrected chi connectivity index (χ0v) is 13.0. The van der Waals surface area contributed by atoms with E-state index >= 15 is 0 Å². The van der Waals surface area contributed by atoms with E-state index in [-0.39, 0.29) is 0 Å². The third-order valence-electron chi connectivity index (χ3n) is 3.47. The molecule has 102 valence electrons. The molecule has 0 bridgehead atoms. The highest BCUT2D eigenvalue weighted by Crippen LogP contribution is 2.02. The normalized spacial score (nSPS) is 13.4. The van der Waals surface area contributed by atoms with Gasteiger partial charge in [-0.25, -0.2) is 0 Å². The van der Waals surface area contributed by atoms with Crippen LogP contribution in [-0.2, 0) is 6.54 Å². The van der Waals surface area contributed by atoms with Crippen molar-refractivity contribution in [2.24, 2.45) is 0 Å². The fourth-order valence-corrected chi connectivity index (χ4v) is 4.33. The molecule has 4 heteroatoms. The van der Waals surface area contributed by atoms with E-state index in [2.05, 4.69) is 60.8 Å². The summed E-state index contributed by atoms with van der Waals surface area (Å²) in [6, 6.07) is 13.3. The summed E-state index contributed by atoms with van der Waals surface area (Å²) in [4.78, 5) is 0. The van der Waals surface area contributed by atoms with Crippen LogP contribution in [0.1, 0.15) is 6.92 Å². The monoisotopic (exact) mass is 273 g/mol. The summed E-state index contributed by atoms with van der Waals surface area (Å²) in [5.41, 5.74) is 0. The molecule has 1 aromatic carbocycles. The molecule has 0 aliphatic heterocycles. The van der Waals surface area contributed by atoms with Crippen molar-refractivity contribution in [3.63, 3.8) is 0 Å². The van der Waals surface area contributed by atoms with Gasteiger partial charge in [0.15, 0.2) is 0 Å². The molecular formula is C15H23N3Si. The minimum Gasteiger partial charge on any atom is -0.315 e. The fourth-order valence-electron chi connectivity index (χ4n) is 2.17. The Bertz CT molecular complexity index is 479. The zero-order valence-electron chi connectivity index (χ0n) is 12.0. The van der Waals surface area contributed by atoms with Crippen LogP contribution in [-0.4, -0.2) is 30.1 Å². The maximum absolute atomic E-state index is 4.25. The summed E-state index contributed by atoms with van der Waals surface area (Å²) in [5.74, 6) is 0. The molecule has 0 saturated heterocycles. The summed E-state index contributed by atoms with van der Waals surface area (Å²) in [6.07, 6.45) is 4.94. The van der Waals surface area contributed by atoms with E-state index in [4.69, 9.17) is 0 Å². The smallest absolute Gasteiger partial charge is 0.0945 e. The number of aromatic nitrogens is 2. The highest BCUT2D eigenvalue weighted by atomic mass is 28.3. The molecule has 0 fully saturated rings. The summed E-state index contributed by atoms with van der Waals surface area (Å²) >= 11 is 0. The lowest BCUT2D eigenvalue weighted by Gasteiger charge is -2.26. The Morgan fingerprint density at radius 1 is 1.21 bits per heavy atom. The van der Waals surface area contributed by atoms with Crippen LogP contribution in [0.2, 0.25) is 13.1 Å². The summed E-state index contributed by atoms with van der Waals surface area (Å²) in [7, 11) is -1.38. The van der Waals surface area contributed by atoms with Crippen LogP contribution < -0.4 is 10.5 Å². The first kappa shape index (κ1) is 14.0. The van der Waals surface area contributed by atoms with Gasteiger partial charge in [0, 0.05) is 18.4 Å². The topological polar surface area (TPSA) is 29.9 Å². The van der Waals surface area contributed by atoms with E-state index in [9.17, 15) is 0 Å². The van der Waals surface area contributed by atoms with E-state index in [1.165, 1.54) is 5.19 Å². The standard InChI is InChI=1S/C15H23N3Si/c1-14(12-18-11-7-10-17-18)16-13-19(2,3)15-8-5-4-6-9-15/h4-11,14,16H,12-13H2,1-3H3/t14-/m1/s1. The van der Waals surface area contributed by atoms with Crippen LogP contribution in [0.3, 0.4) is 0 Å². The second kappa shape index (κ2) is 6.17. The van der Waals surface area contributed by atoms with Crippen LogP contribution in [0, 0.1) is 0 Å². The van der Waals surface area contributed by atoms with Gasteiger partial charge in [-0.05, 0) is 19.2 Å². The lowest BCUT2D eigenvalue weighted by Crippen LogP contribution is -2.52. The van der Waals surface area contributed by atoms with Crippen molar-refractivity contribution in [3.8, 4) is 0 Å². The van der Waals surface area contributed by atoms with E-state index < -0.39 is 8.07 Å². The van der Waals surface area contributed by atoms with Gasteiger partial charge in [0.05, 0.1) is 14.6 Å². The van der Waals surface area contributed by atoms with Crippen molar-refractivity contribution in [1.29, 1.82) is 0 Å². The minimum absolute atomic E-state index is 0.440. The fraction of sp³-hybridized carbons (Fsp3) is 0.400. The van der Waals surface area contributed by atoms with E-state index in [0.717, 1.165) is 12.7 Å². The van der Waals surface area contributed by atoms with Crippen molar-refractivity contribution in [1.82, 2.24) is 15.1 Å². The van der Waals surface area contributed by atoms with Gasteiger partial charge >= 0.3 is 0 Å². The lowest BCUT2D eigenvalue weighted by molar-refractivity contribution is 0.473. The molecule has 0 amide bonds. The van der Waals surface area contributed by atoms with Crippen molar-refractivity contribution >= 4 is 13.3 Å². The van der Waals surface area contributed by atoms with Crippen molar-refractivity contribution in [3.05, 3.63) is 48.8 Å². The molecule has 0 saturated carbocycles. The number of hydrogen-bond donors (Lipinski definition) is 1. The third-order valence-corrected chi connectivity index (χ3v) is 6.45. The second-order valence-electron chi connectivity index (χ2n) is 5.76. The molecule has 0 aliphatic carbocycles. The number of nitrogens with zero attached hydrogens (tertiary/aromatic N) is 2. The van der Waals surface area contributed by atoms with Crippen LogP contribution in [0.15, 0.2) is 48.8 Å². The highest BCUT2D eigenvalue weighted by Gasteiger charge is 2.23. The molecule has 1 heterocycles. The summed E-state index contributed by atoms with van der Waals surface area (Å²) < 4.78 is 1.98. The highest BCUT2D eigenvalue weighted by molar-refractivity contribution is 6.90. The predicted molar refractivity (Wildman–Crippen MR) is 83.2 cm³/mol. The lowest BCUT2D eigenvalue weighted by atomic mass is 10.3. The SMILES string of the molecule is C[C@H](Cn1cccn1)NC[Si](C)(C)c1ccccc1. The van der Waals surface area contributed by atoms with E-state index in [1.807, 2.05) is 23.1 Å². The summed E-state index contributed by atoms with van der Waals surface area (Å²) in [6.45, 7) is 7.97. The number of benzene rings is 1. The Hall–Kier alpha value is -1.39. The Kier molecular flexibility index (Phi) is 4.55. The van der Waals surface area contributed by atoms with Gasteiger partial charge in [-0.1, -0.05) is 48.6 Å². The first-order valence-corrected chi connectivity index (χ1v) is 10.0. The molecular weight excluding hydrogens is 250 g/mol. The number of hydrogen-bond acceptors (Lipinski definition) is 2. The van der Waals surface area contributed by atoms with Crippen molar-refractivity contribution in [2.45, 2.75) is 32.6 Å². The van der Waals surface area contributed by atoms with Gasteiger partial charge in [-0.2, -0.15) is 5.10 Å². The van der Waals surface area contributed by atoms with E-state index in [1.54, 1.807) is 0 Å². The van der Waals surface area contributed by atoms with Crippen molar-refractivity contribution in [2.75, 3.05) is 6.17 Å². The minimum atomic E-state index is -1.38. The molecule has 2 rings (SSSR count). The molecule has 3 nitrogen and oxygen atoms in total. The zero-order chi connectivity index (χ0) is 13.7. The molecule has 1 N–H and O–H groups in total. The predicted octanol–water partition coefficient (Wildman–Crippen LogP) is 2.02. The molecule has 0 radical (unpaired) electrons. The van der Waals surface area contributed by atoms with Crippen LogP contribution in [0.5, 0.6) is 0 Å². The largest absolute Gasteiger partial charge is 0.315 e. The van der Waals surface area contributed by atoms with Gasteiger partial charge in [0.25, 0.3) is 0 Å². The molecule has 2 aromatic rings. The Balaban J connectivity index is 1.87. The maximum Gasteiger partial charge on any atom is 0.0945 e. The Morgan fingerprint density at radius 2 is 1.95 bits per heavy atom. The number of nitrogens with one attached hydrogen (secondary N) is 1. The van der Waals surface area contributed by atoms with Crippen LogP contribution >= 0.6 is 0 Å². The molecule has 1 aromatic heterocycles. The second-order valence-corrected chi connectivity index (χ2v) is 10.5. The number of rotatable bonds is 6. The van der Waals surface area contributed by atoms with E-state index in [0.29, 0.717) is 6.04 Å². The molecule has 0 spiro atoms. The van der Waals surface area contributed by atoms with Crippen LogP contribution in [0.4, 0.5) is 0 Å². The van der Waals surface area contributed by atoms with Crippen molar-refractivity contribution < 1.29 is 0 Å². The molecule has 0 unspecified atom stereocenters. The van der Waals surface area contributed by atoms with Gasteiger partial charge in [-0.3, -0.25) is 4.68 Å². The Morgan fingerprint density at radius 3 is 2.58 bits per heavy atom. The van der Waals surface area contributed by atoms with Gasteiger partial charge in [-0.15, -0.1) is 0 Å². The van der Waals surface area contributed by atoms with Crippen LogP contribution in [0.25, 0.3) is 0 Å². The van der Waals surface area contributed by atoms with Gasteiger partial charge in [0.1, 0.15) is 0 Å². The first-order valence-electron chi connectivity index (χ1n) is 6.84.